The summed E-state index contributed by atoms with van der Waals surface area (Å²) in [5.41, 5.74) is 3.04. The van der Waals surface area contributed by atoms with Gasteiger partial charge < -0.3 is 14.4 Å². The average molecular weight is 353 g/mol. The predicted molar refractivity (Wildman–Crippen MR) is 103 cm³/mol. The number of benzene rings is 1. The van der Waals surface area contributed by atoms with Crippen LogP contribution in [0.4, 0.5) is 0 Å². The van der Waals surface area contributed by atoms with Crippen LogP contribution in [0.25, 0.3) is 0 Å². The van der Waals surface area contributed by atoms with Crippen LogP contribution in [0.15, 0.2) is 54.3 Å². The molecule has 1 aromatic carbocycles. The number of nitrogens with zero attached hydrogens (tertiary/aromatic N) is 1. The fourth-order valence-corrected chi connectivity index (χ4v) is 3.46. The van der Waals surface area contributed by atoms with Gasteiger partial charge in [-0.15, -0.1) is 0 Å². The van der Waals surface area contributed by atoms with Gasteiger partial charge in [-0.3, -0.25) is 0 Å². The molecule has 0 aromatic heterocycles. The molecule has 2 unspecified atom stereocenters. The third kappa shape index (κ3) is 3.55. The molecule has 2 aliphatic rings. The Kier molecular flexibility index (Phi) is 4.94. The van der Waals surface area contributed by atoms with Crippen molar-refractivity contribution in [2.24, 2.45) is 11.3 Å². The molecule has 0 N–H and O–H groups in total. The smallest absolute Gasteiger partial charge is 0.337 e. The first-order valence-corrected chi connectivity index (χ1v) is 8.93. The first kappa shape index (κ1) is 18.3. The summed E-state index contributed by atoms with van der Waals surface area (Å²) >= 11 is 0. The molecule has 4 nitrogen and oxygen atoms in total. The second-order valence-corrected chi connectivity index (χ2v) is 7.83. The zero-order valence-electron chi connectivity index (χ0n) is 16.2. The lowest BCUT2D eigenvalue weighted by atomic mass is 9.80. The van der Waals surface area contributed by atoms with Gasteiger partial charge in [0.25, 0.3) is 0 Å². The summed E-state index contributed by atoms with van der Waals surface area (Å²) < 4.78 is 10.3. The molecule has 0 spiro atoms. The molecule has 1 heterocycles. The summed E-state index contributed by atoms with van der Waals surface area (Å²) in [6.07, 6.45) is 11.3. The molecule has 2 atom stereocenters. The maximum atomic E-state index is 11.7. The molecule has 0 bridgehead atoms. The molecule has 138 valence electrons. The number of hydrogen-bond donors (Lipinski definition) is 0. The number of esters is 1. The quantitative estimate of drug-likeness (QED) is 0.755. The summed E-state index contributed by atoms with van der Waals surface area (Å²) in [4.78, 5) is 14.1. The number of fused-ring (bicyclic) bond motifs is 1. The second kappa shape index (κ2) is 7.02. The number of carbonyl (C=O) groups excluding carboxylic acids is 1. The molecule has 0 fully saturated rings. The number of ether oxygens (including phenoxy) is 2. The van der Waals surface area contributed by atoms with Crippen molar-refractivity contribution >= 4 is 5.97 Å². The zero-order chi connectivity index (χ0) is 18.9. The van der Waals surface area contributed by atoms with E-state index < -0.39 is 0 Å². The molecule has 1 aliphatic heterocycles. The highest BCUT2D eigenvalue weighted by atomic mass is 16.5. The van der Waals surface area contributed by atoms with Gasteiger partial charge in [-0.1, -0.05) is 51.1 Å². The summed E-state index contributed by atoms with van der Waals surface area (Å²) in [5.74, 6) is 0.753. The van der Waals surface area contributed by atoms with Crippen LogP contribution in [0, 0.1) is 11.3 Å². The summed E-state index contributed by atoms with van der Waals surface area (Å²) in [6, 6.07) is 5.80. The predicted octanol–water partition coefficient (Wildman–Crippen LogP) is 4.34. The molecule has 0 radical (unpaired) electrons. The Hall–Kier alpha value is -2.49. The van der Waals surface area contributed by atoms with Crippen molar-refractivity contribution in [2.45, 2.75) is 33.4 Å². The highest BCUT2D eigenvalue weighted by Gasteiger charge is 2.31. The number of methoxy groups -OCH3 is 2. The van der Waals surface area contributed by atoms with E-state index >= 15 is 0 Å². The van der Waals surface area contributed by atoms with Gasteiger partial charge in [0.15, 0.2) is 0 Å². The molecule has 1 aromatic rings. The fourth-order valence-electron chi connectivity index (χ4n) is 3.46. The van der Waals surface area contributed by atoms with Crippen LogP contribution in [0.3, 0.4) is 0 Å². The Balaban J connectivity index is 1.83. The van der Waals surface area contributed by atoms with Crippen molar-refractivity contribution < 1.29 is 14.3 Å². The third-order valence-electron chi connectivity index (χ3n) is 5.05. The molecular formula is C22H27NO3. The standard InChI is InChI=1S/C22H27NO3/c1-22(2,3)18-9-8-15-10-11-23(19(15)13-18)14-17-7-6-16(21(24)26-5)12-20(17)25-4/h6-13,15,19H,14H2,1-5H3. The molecule has 26 heavy (non-hydrogen) atoms. The van der Waals surface area contributed by atoms with Crippen molar-refractivity contribution in [1.29, 1.82) is 0 Å². The molecular weight excluding hydrogens is 326 g/mol. The van der Waals surface area contributed by atoms with Gasteiger partial charge >= 0.3 is 5.97 Å². The van der Waals surface area contributed by atoms with Crippen molar-refractivity contribution in [3.8, 4) is 5.75 Å². The van der Waals surface area contributed by atoms with Crippen molar-refractivity contribution in [3.63, 3.8) is 0 Å². The van der Waals surface area contributed by atoms with Crippen molar-refractivity contribution in [3.05, 3.63) is 65.4 Å². The maximum absolute atomic E-state index is 11.7. The van der Waals surface area contributed by atoms with E-state index in [1.165, 1.54) is 12.7 Å². The van der Waals surface area contributed by atoms with Crippen LogP contribution >= 0.6 is 0 Å². The van der Waals surface area contributed by atoms with E-state index in [-0.39, 0.29) is 11.4 Å². The number of rotatable bonds is 4. The van der Waals surface area contributed by atoms with Gasteiger partial charge in [0.2, 0.25) is 0 Å². The van der Waals surface area contributed by atoms with Crippen LogP contribution < -0.4 is 4.74 Å². The van der Waals surface area contributed by atoms with Gasteiger partial charge in [-0.05, 0) is 29.3 Å². The van der Waals surface area contributed by atoms with Gasteiger partial charge in [0.1, 0.15) is 5.75 Å². The molecule has 0 amide bonds. The Morgan fingerprint density at radius 1 is 1.19 bits per heavy atom. The minimum absolute atomic E-state index is 0.135. The monoisotopic (exact) mass is 353 g/mol. The lowest BCUT2D eigenvalue weighted by Gasteiger charge is -2.32. The number of hydrogen-bond acceptors (Lipinski definition) is 4. The van der Waals surface area contributed by atoms with E-state index in [0.29, 0.717) is 23.3 Å². The first-order valence-electron chi connectivity index (χ1n) is 8.93. The second-order valence-electron chi connectivity index (χ2n) is 7.83. The third-order valence-corrected chi connectivity index (χ3v) is 5.05. The van der Waals surface area contributed by atoms with Gasteiger partial charge in [-0.25, -0.2) is 4.79 Å². The Morgan fingerprint density at radius 2 is 1.96 bits per heavy atom. The molecule has 0 saturated carbocycles. The number of allylic oxidation sites excluding steroid dienone is 2. The Bertz CT molecular complexity index is 783. The zero-order valence-corrected chi connectivity index (χ0v) is 16.2. The molecule has 1 aliphatic carbocycles. The summed E-state index contributed by atoms with van der Waals surface area (Å²) in [6.45, 7) is 7.45. The molecule has 0 saturated heterocycles. The van der Waals surface area contributed by atoms with Gasteiger partial charge in [-0.2, -0.15) is 0 Å². The summed E-state index contributed by atoms with van der Waals surface area (Å²) in [7, 11) is 3.01. The van der Waals surface area contributed by atoms with Crippen LogP contribution in [-0.4, -0.2) is 31.1 Å². The number of carbonyl (C=O) groups is 1. The Labute approximate surface area is 155 Å². The lowest BCUT2D eigenvalue weighted by Crippen LogP contribution is -2.32. The van der Waals surface area contributed by atoms with Gasteiger partial charge in [0, 0.05) is 18.0 Å². The van der Waals surface area contributed by atoms with E-state index in [2.05, 4.69) is 56.2 Å². The SMILES string of the molecule is COC(=O)c1ccc(CN2C=CC3C=CC(C(C)(C)C)=CC32)c(OC)c1. The fraction of sp³-hybridized carbons (Fsp3) is 0.409. The van der Waals surface area contributed by atoms with Crippen molar-refractivity contribution in [1.82, 2.24) is 4.90 Å². The normalized spacial score (nSPS) is 21.4. The minimum Gasteiger partial charge on any atom is -0.496 e. The molecule has 3 rings (SSSR count). The van der Waals surface area contributed by atoms with Gasteiger partial charge in [0.05, 0.1) is 25.8 Å². The van der Waals surface area contributed by atoms with E-state index in [1.807, 2.05) is 6.07 Å². The van der Waals surface area contributed by atoms with Crippen LogP contribution in [0.1, 0.15) is 36.7 Å². The van der Waals surface area contributed by atoms with E-state index in [4.69, 9.17) is 9.47 Å². The van der Waals surface area contributed by atoms with Crippen LogP contribution in [0.5, 0.6) is 5.75 Å². The lowest BCUT2D eigenvalue weighted by molar-refractivity contribution is 0.0600. The highest BCUT2D eigenvalue weighted by Crippen LogP contribution is 2.36. The van der Waals surface area contributed by atoms with Crippen molar-refractivity contribution in [2.75, 3.05) is 14.2 Å². The minimum atomic E-state index is -0.355. The maximum Gasteiger partial charge on any atom is 0.337 e. The summed E-state index contributed by atoms with van der Waals surface area (Å²) in [5, 5.41) is 0. The molecule has 4 heteroatoms. The Morgan fingerprint density at radius 3 is 2.62 bits per heavy atom. The first-order chi connectivity index (χ1) is 12.3. The van der Waals surface area contributed by atoms with Crippen LogP contribution in [0.2, 0.25) is 0 Å². The topological polar surface area (TPSA) is 38.8 Å². The van der Waals surface area contributed by atoms with Crippen LogP contribution in [-0.2, 0) is 11.3 Å². The van der Waals surface area contributed by atoms with E-state index in [1.54, 1.807) is 19.2 Å². The highest BCUT2D eigenvalue weighted by molar-refractivity contribution is 5.89. The average Bonchev–Trinajstić information content (AvgIpc) is 3.03. The largest absolute Gasteiger partial charge is 0.496 e. The van der Waals surface area contributed by atoms with E-state index in [0.717, 1.165) is 12.1 Å². The van der Waals surface area contributed by atoms with E-state index in [9.17, 15) is 4.79 Å².